The maximum atomic E-state index is 12.5. The first-order chi connectivity index (χ1) is 25.1. The van der Waals surface area contributed by atoms with E-state index in [0.717, 1.165) is 86.2 Å². The topological polar surface area (TPSA) is 86.2 Å². The van der Waals surface area contributed by atoms with Gasteiger partial charge < -0.3 is 28.7 Å². The molecule has 1 amide bonds. The molecule has 6 aliphatic rings. The SMILES string of the molecule is C1CCOC1.C1CCOC1.COc1ccc(CN2C(=O)C3CC3c3ncccc32)cc1.COc1ccc(CN2CC3CC3c3ncccc32)cc1.[B]. The molecule has 4 unspecified atom stereocenters. The molecule has 9 nitrogen and oxygen atoms in total. The van der Waals surface area contributed by atoms with Crippen molar-refractivity contribution in [3.63, 3.8) is 0 Å². The number of rotatable bonds is 6. The summed E-state index contributed by atoms with van der Waals surface area (Å²) in [7, 11) is 3.35. The highest BCUT2D eigenvalue weighted by atomic mass is 16.5. The summed E-state index contributed by atoms with van der Waals surface area (Å²) in [5.74, 6) is 4.00. The summed E-state index contributed by atoms with van der Waals surface area (Å²) in [6, 6.07) is 24.4. The Morgan fingerprint density at radius 3 is 1.69 bits per heavy atom. The van der Waals surface area contributed by atoms with Crippen LogP contribution in [0.15, 0.2) is 85.2 Å². The van der Waals surface area contributed by atoms with Gasteiger partial charge in [-0.05, 0) is 104 Å². The van der Waals surface area contributed by atoms with E-state index in [1.807, 2.05) is 71.9 Å². The van der Waals surface area contributed by atoms with Gasteiger partial charge in [-0.15, -0.1) is 0 Å². The normalized spacial score (nSPS) is 22.5. The zero-order valence-electron chi connectivity index (χ0n) is 30.5. The van der Waals surface area contributed by atoms with E-state index in [1.165, 1.54) is 49.0 Å². The Labute approximate surface area is 310 Å². The lowest BCUT2D eigenvalue weighted by atomic mass is 10.1. The lowest BCUT2D eigenvalue weighted by Gasteiger charge is -2.30. The maximum absolute atomic E-state index is 12.5. The number of nitrogens with zero attached hydrogens (tertiary/aromatic N) is 4. The Morgan fingerprint density at radius 2 is 1.17 bits per heavy atom. The average Bonchev–Trinajstić information content (AvgIpc) is 3.96. The fourth-order valence-electron chi connectivity index (χ4n) is 7.34. The van der Waals surface area contributed by atoms with E-state index in [9.17, 15) is 4.79 Å². The molecular weight excluding hydrogens is 651 g/mol. The number of benzene rings is 2. The molecule has 0 spiro atoms. The minimum Gasteiger partial charge on any atom is -0.497 e. The Hall–Kier alpha value is -4.41. The Kier molecular flexibility index (Phi) is 12.8. The summed E-state index contributed by atoms with van der Waals surface area (Å²) in [5.41, 5.74) is 7.09. The highest BCUT2D eigenvalue weighted by Crippen LogP contribution is 2.55. The van der Waals surface area contributed by atoms with Crippen molar-refractivity contribution in [2.24, 2.45) is 11.8 Å². The molecule has 4 aliphatic heterocycles. The van der Waals surface area contributed by atoms with Crippen molar-refractivity contribution in [2.45, 2.75) is 63.5 Å². The van der Waals surface area contributed by atoms with Gasteiger partial charge >= 0.3 is 0 Å². The van der Waals surface area contributed by atoms with Crippen LogP contribution < -0.4 is 19.3 Å². The largest absolute Gasteiger partial charge is 0.497 e. The fraction of sp³-hybridized carbons (Fsp3) is 0.452. The predicted octanol–water partition coefficient (Wildman–Crippen LogP) is 7.17. The van der Waals surface area contributed by atoms with Gasteiger partial charge in [0.2, 0.25) is 5.91 Å². The number of methoxy groups -OCH3 is 2. The van der Waals surface area contributed by atoms with Gasteiger partial charge in [-0.25, -0.2) is 0 Å². The third kappa shape index (κ3) is 9.14. The Bertz CT molecular complexity index is 1710. The van der Waals surface area contributed by atoms with Gasteiger partial charge in [0, 0.05) is 78.1 Å². The van der Waals surface area contributed by atoms with Crippen LogP contribution in [0.25, 0.3) is 0 Å². The molecule has 52 heavy (non-hydrogen) atoms. The fourth-order valence-corrected chi connectivity index (χ4v) is 7.34. The molecule has 0 bridgehead atoms. The predicted molar refractivity (Wildman–Crippen MR) is 204 cm³/mol. The smallest absolute Gasteiger partial charge is 0.231 e. The van der Waals surface area contributed by atoms with Gasteiger partial charge in [-0.3, -0.25) is 14.8 Å². The second-order valence-corrected chi connectivity index (χ2v) is 14.0. The number of aromatic nitrogens is 2. The van der Waals surface area contributed by atoms with Crippen molar-refractivity contribution in [2.75, 3.05) is 57.0 Å². The molecule has 10 rings (SSSR count). The second-order valence-electron chi connectivity index (χ2n) is 14.0. The minimum absolute atomic E-state index is 0. The van der Waals surface area contributed by atoms with Crippen LogP contribution in [0.3, 0.4) is 0 Å². The molecule has 2 saturated carbocycles. The molecule has 2 saturated heterocycles. The molecule has 4 atom stereocenters. The second kappa shape index (κ2) is 17.9. The van der Waals surface area contributed by atoms with E-state index in [4.69, 9.17) is 18.9 Å². The van der Waals surface area contributed by atoms with Crippen LogP contribution in [-0.4, -0.2) is 71.5 Å². The Balaban J connectivity index is 0.000000139. The summed E-state index contributed by atoms with van der Waals surface area (Å²) in [6.07, 6.45) is 11.1. The number of hydrogen-bond donors (Lipinski definition) is 0. The summed E-state index contributed by atoms with van der Waals surface area (Å²) in [5, 5.41) is 0. The molecular formula is C42H50BN4O5. The van der Waals surface area contributed by atoms with E-state index in [2.05, 4.69) is 33.1 Å². The molecule has 3 radical (unpaired) electrons. The molecule has 271 valence electrons. The summed E-state index contributed by atoms with van der Waals surface area (Å²) in [6.45, 7) is 6.70. The van der Waals surface area contributed by atoms with Gasteiger partial charge in [0.25, 0.3) is 0 Å². The van der Waals surface area contributed by atoms with Crippen molar-refractivity contribution >= 4 is 25.7 Å². The van der Waals surface area contributed by atoms with E-state index < -0.39 is 0 Å². The van der Waals surface area contributed by atoms with Crippen molar-refractivity contribution in [3.8, 4) is 11.5 Å². The number of anilines is 2. The number of carbonyl (C=O) groups is 1. The van der Waals surface area contributed by atoms with E-state index in [1.54, 1.807) is 14.2 Å². The zero-order valence-corrected chi connectivity index (χ0v) is 30.5. The van der Waals surface area contributed by atoms with Gasteiger partial charge in [-0.2, -0.15) is 0 Å². The monoisotopic (exact) mass is 701 g/mol. The standard InChI is InChI=1S/C17H16N2O2.C17H18N2O.2C4H8O.B/c1-21-12-6-4-11(5-7-12)10-19-15-3-2-8-18-16(15)13-9-14(13)17(19)20;1-20-14-6-4-12(5-7-14)10-19-11-13-9-15(13)17-16(19)3-2-8-18-17;2*1-2-4-5-3-1;/h2-8,13-14H,9-10H2,1H3;2-8,13,15H,9-11H2,1H3;2*1-4H2;. The molecule has 4 aromatic rings. The van der Waals surface area contributed by atoms with Crippen molar-refractivity contribution in [1.82, 2.24) is 9.97 Å². The number of carbonyl (C=O) groups excluding carboxylic acids is 1. The van der Waals surface area contributed by atoms with Gasteiger partial charge in [0.05, 0.1) is 43.5 Å². The van der Waals surface area contributed by atoms with Crippen LogP contribution in [-0.2, 0) is 27.4 Å². The molecule has 4 fully saturated rings. The third-order valence-electron chi connectivity index (χ3n) is 10.4. The van der Waals surface area contributed by atoms with Crippen LogP contribution in [0.4, 0.5) is 11.4 Å². The number of ether oxygens (including phenoxy) is 4. The molecule has 0 N–H and O–H groups in total. The van der Waals surface area contributed by atoms with Crippen molar-refractivity contribution < 1.29 is 23.7 Å². The number of hydrogen-bond acceptors (Lipinski definition) is 8. The van der Waals surface area contributed by atoms with Gasteiger partial charge in [0.1, 0.15) is 11.5 Å². The quantitative estimate of drug-likeness (QED) is 0.196. The lowest BCUT2D eigenvalue weighted by Crippen LogP contribution is -2.35. The van der Waals surface area contributed by atoms with Crippen LogP contribution in [0.2, 0.25) is 0 Å². The number of amides is 1. The minimum atomic E-state index is 0. The highest BCUT2D eigenvalue weighted by molar-refractivity contribution is 6.00. The zero-order chi connectivity index (χ0) is 35.0. The lowest BCUT2D eigenvalue weighted by molar-refractivity contribution is -0.120. The average molecular weight is 702 g/mol. The van der Waals surface area contributed by atoms with Gasteiger partial charge in [-0.1, -0.05) is 24.3 Å². The molecule has 2 aliphatic carbocycles. The third-order valence-corrected chi connectivity index (χ3v) is 10.4. The van der Waals surface area contributed by atoms with Crippen LogP contribution >= 0.6 is 0 Å². The van der Waals surface area contributed by atoms with Gasteiger partial charge in [0.15, 0.2) is 0 Å². The summed E-state index contributed by atoms with van der Waals surface area (Å²) >= 11 is 0. The first-order valence-electron chi connectivity index (χ1n) is 18.5. The molecule has 6 heterocycles. The van der Waals surface area contributed by atoms with Crippen molar-refractivity contribution in [3.05, 3.63) is 108 Å². The van der Waals surface area contributed by atoms with E-state index >= 15 is 0 Å². The van der Waals surface area contributed by atoms with Crippen LogP contribution in [0.1, 0.15) is 72.9 Å². The summed E-state index contributed by atoms with van der Waals surface area (Å²) in [4.78, 5) is 26.0. The summed E-state index contributed by atoms with van der Waals surface area (Å²) < 4.78 is 20.3. The van der Waals surface area contributed by atoms with E-state index in [-0.39, 0.29) is 20.2 Å². The number of fused-ring (bicyclic) bond motifs is 6. The first-order valence-corrected chi connectivity index (χ1v) is 18.5. The highest BCUT2D eigenvalue weighted by Gasteiger charge is 2.52. The molecule has 2 aromatic heterocycles. The maximum Gasteiger partial charge on any atom is 0.231 e. The Morgan fingerprint density at radius 1 is 0.654 bits per heavy atom. The molecule has 2 aromatic carbocycles. The first kappa shape index (κ1) is 37.4. The van der Waals surface area contributed by atoms with Crippen LogP contribution in [0, 0.1) is 11.8 Å². The van der Waals surface area contributed by atoms with Crippen molar-refractivity contribution in [1.29, 1.82) is 0 Å². The number of pyridine rings is 2. The van der Waals surface area contributed by atoms with E-state index in [0.29, 0.717) is 12.5 Å². The molecule has 10 heteroatoms. The van der Waals surface area contributed by atoms with Crippen LogP contribution in [0.5, 0.6) is 11.5 Å².